The SMILES string of the molecule is CCCNc1ccc2nc(C(F)(F)F)c(CN3CC(CC(F)(F)Br)CC3=O)n2n1. The molecule has 1 aliphatic rings. The van der Waals surface area contributed by atoms with E-state index in [0.717, 1.165) is 15.8 Å². The molecule has 2 aromatic heterocycles. The zero-order valence-corrected chi connectivity index (χ0v) is 17.0. The number of nitrogens with zero attached hydrogens (tertiary/aromatic N) is 4. The molecule has 3 heterocycles. The van der Waals surface area contributed by atoms with Crippen molar-refractivity contribution in [1.82, 2.24) is 19.5 Å². The van der Waals surface area contributed by atoms with Crippen LogP contribution in [0.25, 0.3) is 5.65 Å². The van der Waals surface area contributed by atoms with E-state index in [1.807, 2.05) is 6.92 Å². The zero-order valence-electron chi connectivity index (χ0n) is 15.4. The van der Waals surface area contributed by atoms with Crippen LogP contribution in [0.4, 0.5) is 27.8 Å². The van der Waals surface area contributed by atoms with Gasteiger partial charge in [-0.1, -0.05) is 6.92 Å². The van der Waals surface area contributed by atoms with Gasteiger partial charge in [0.15, 0.2) is 11.3 Å². The summed E-state index contributed by atoms with van der Waals surface area (Å²) in [6.45, 7) is 2.05. The minimum atomic E-state index is -4.74. The summed E-state index contributed by atoms with van der Waals surface area (Å²) in [5.41, 5.74) is -1.45. The van der Waals surface area contributed by atoms with Gasteiger partial charge in [-0.15, -0.1) is 5.10 Å². The number of alkyl halides is 6. The topological polar surface area (TPSA) is 62.5 Å². The van der Waals surface area contributed by atoms with Crippen molar-refractivity contribution in [1.29, 1.82) is 0 Å². The van der Waals surface area contributed by atoms with Crippen LogP contribution >= 0.6 is 15.9 Å². The Morgan fingerprint density at radius 3 is 2.62 bits per heavy atom. The molecule has 3 rings (SSSR count). The van der Waals surface area contributed by atoms with Crippen molar-refractivity contribution in [3.63, 3.8) is 0 Å². The summed E-state index contributed by atoms with van der Waals surface area (Å²) in [6, 6.07) is 2.93. The van der Waals surface area contributed by atoms with E-state index in [0.29, 0.717) is 12.4 Å². The van der Waals surface area contributed by atoms with E-state index >= 15 is 0 Å². The molecule has 0 bridgehead atoms. The van der Waals surface area contributed by atoms with Gasteiger partial charge in [0, 0.05) is 25.9 Å². The molecule has 1 aliphatic heterocycles. The van der Waals surface area contributed by atoms with Crippen molar-refractivity contribution >= 4 is 33.3 Å². The van der Waals surface area contributed by atoms with Gasteiger partial charge >= 0.3 is 11.0 Å². The monoisotopic (exact) mass is 483 g/mol. The molecule has 1 unspecified atom stereocenters. The Morgan fingerprint density at radius 1 is 1.28 bits per heavy atom. The van der Waals surface area contributed by atoms with Gasteiger partial charge in [0.25, 0.3) is 0 Å². The predicted molar refractivity (Wildman–Crippen MR) is 98.8 cm³/mol. The number of fused-ring (bicyclic) bond motifs is 1. The number of rotatable bonds is 7. The van der Waals surface area contributed by atoms with E-state index in [4.69, 9.17) is 0 Å². The summed E-state index contributed by atoms with van der Waals surface area (Å²) in [7, 11) is 0. The summed E-state index contributed by atoms with van der Waals surface area (Å²) < 4.78 is 68.0. The Hall–Kier alpha value is -1.98. The smallest absolute Gasteiger partial charge is 0.369 e. The quantitative estimate of drug-likeness (QED) is 0.471. The molecule has 1 saturated heterocycles. The van der Waals surface area contributed by atoms with Gasteiger partial charge in [0.05, 0.1) is 12.2 Å². The highest BCUT2D eigenvalue weighted by Crippen LogP contribution is 2.36. The molecule has 0 saturated carbocycles. The number of halogens is 6. The van der Waals surface area contributed by atoms with Crippen molar-refractivity contribution in [2.75, 3.05) is 18.4 Å². The van der Waals surface area contributed by atoms with Crippen LogP contribution in [-0.2, 0) is 17.5 Å². The van der Waals surface area contributed by atoms with Gasteiger partial charge in [0.2, 0.25) is 5.91 Å². The summed E-state index contributed by atoms with van der Waals surface area (Å²) in [4.78, 5) is 13.9. The maximum absolute atomic E-state index is 13.5. The minimum absolute atomic E-state index is 0.00967. The number of hydrogen-bond acceptors (Lipinski definition) is 4. The second-order valence-corrected chi connectivity index (χ2v) is 8.14. The third-order valence-corrected chi connectivity index (χ3v) is 4.87. The number of aromatic nitrogens is 3. The van der Waals surface area contributed by atoms with E-state index in [1.54, 1.807) is 0 Å². The number of amides is 1. The van der Waals surface area contributed by atoms with Crippen LogP contribution in [0.5, 0.6) is 0 Å². The van der Waals surface area contributed by atoms with E-state index in [1.165, 1.54) is 12.1 Å². The first kappa shape index (κ1) is 21.7. The highest BCUT2D eigenvalue weighted by molar-refractivity contribution is 9.09. The molecular formula is C17H19BrF5N5O. The Balaban J connectivity index is 1.93. The Kier molecular flexibility index (Phi) is 6.02. The lowest BCUT2D eigenvalue weighted by Crippen LogP contribution is -2.27. The molecule has 0 aliphatic carbocycles. The van der Waals surface area contributed by atoms with Crippen molar-refractivity contribution in [2.45, 2.75) is 43.7 Å². The number of anilines is 1. The molecule has 1 amide bonds. The van der Waals surface area contributed by atoms with Gasteiger partial charge in [-0.2, -0.15) is 22.0 Å². The van der Waals surface area contributed by atoms with Gasteiger partial charge in [-0.3, -0.25) is 4.79 Å². The van der Waals surface area contributed by atoms with Crippen LogP contribution in [-0.4, -0.2) is 43.3 Å². The van der Waals surface area contributed by atoms with Crippen molar-refractivity contribution < 1.29 is 26.7 Å². The van der Waals surface area contributed by atoms with Crippen LogP contribution in [0.2, 0.25) is 0 Å². The van der Waals surface area contributed by atoms with E-state index in [9.17, 15) is 26.7 Å². The third kappa shape index (κ3) is 5.14. The zero-order chi connectivity index (χ0) is 21.4. The molecule has 0 radical (unpaired) electrons. The Labute approximate surface area is 171 Å². The molecular weight excluding hydrogens is 465 g/mol. The highest BCUT2D eigenvalue weighted by Gasteiger charge is 2.41. The first-order valence-corrected chi connectivity index (χ1v) is 9.81. The van der Waals surface area contributed by atoms with Crippen molar-refractivity contribution in [2.24, 2.45) is 5.92 Å². The van der Waals surface area contributed by atoms with Crippen LogP contribution in [0.1, 0.15) is 37.6 Å². The summed E-state index contributed by atoms with van der Waals surface area (Å²) in [5, 5.41) is 7.16. The van der Waals surface area contributed by atoms with Gasteiger partial charge in [0.1, 0.15) is 5.82 Å². The molecule has 29 heavy (non-hydrogen) atoms. The fourth-order valence-electron chi connectivity index (χ4n) is 3.35. The normalized spacial score (nSPS) is 18.1. The van der Waals surface area contributed by atoms with Gasteiger partial charge in [-0.25, -0.2) is 9.50 Å². The summed E-state index contributed by atoms with van der Waals surface area (Å²) >= 11 is 2.24. The summed E-state index contributed by atoms with van der Waals surface area (Å²) in [5.74, 6) is -0.758. The second kappa shape index (κ2) is 8.04. The second-order valence-electron chi connectivity index (χ2n) is 6.98. The highest BCUT2D eigenvalue weighted by atomic mass is 79.9. The number of imidazole rings is 1. The average molecular weight is 484 g/mol. The molecule has 1 atom stereocenters. The maximum Gasteiger partial charge on any atom is 0.435 e. The standard InChI is InChI=1S/C17H19BrF5N5O/c1-2-5-24-12-3-4-13-25-15(17(21,22)23)11(28(13)26-12)9-27-8-10(6-14(27)29)7-16(18,19)20/h3-4,10H,2,5-9H2,1H3,(H,24,26). The lowest BCUT2D eigenvalue weighted by atomic mass is 10.1. The number of hydrogen-bond donors (Lipinski definition) is 1. The largest absolute Gasteiger partial charge is 0.435 e. The molecule has 160 valence electrons. The van der Waals surface area contributed by atoms with Gasteiger partial charge < -0.3 is 10.2 Å². The van der Waals surface area contributed by atoms with Crippen LogP contribution in [0.3, 0.4) is 0 Å². The first-order valence-electron chi connectivity index (χ1n) is 9.02. The maximum atomic E-state index is 13.5. The molecule has 1 fully saturated rings. The van der Waals surface area contributed by atoms with E-state index in [-0.39, 0.29) is 24.3 Å². The lowest BCUT2D eigenvalue weighted by Gasteiger charge is -2.18. The molecule has 0 aromatic carbocycles. The number of carbonyl (C=O) groups is 1. The van der Waals surface area contributed by atoms with Crippen LogP contribution < -0.4 is 5.32 Å². The fraction of sp³-hybridized carbons (Fsp3) is 0.588. The third-order valence-electron chi connectivity index (χ3n) is 4.55. The van der Waals surface area contributed by atoms with Crippen LogP contribution in [0.15, 0.2) is 12.1 Å². The molecule has 0 spiro atoms. The Morgan fingerprint density at radius 2 is 2.00 bits per heavy atom. The van der Waals surface area contributed by atoms with Crippen LogP contribution in [0, 0.1) is 5.92 Å². The molecule has 2 aromatic rings. The molecule has 12 heteroatoms. The van der Waals surface area contributed by atoms with E-state index < -0.39 is 41.5 Å². The predicted octanol–water partition coefficient (Wildman–Crippen LogP) is 4.30. The lowest BCUT2D eigenvalue weighted by molar-refractivity contribution is -0.142. The average Bonchev–Trinajstić information content (AvgIpc) is 3.12. The van der Waals surface area contributed by atoms with Crippen molar-refractivity contribution in [3.05, 3.63) is 23.5 Å². The molecule has 6 nitrogen and oxygen atoms in total. The first-order chi connectivity index (χ1) is 13.5. The van der Waals surface area contributed by atoms with Gasteiger partial charge in [-0.05, 0) is 40.4 Å². The minimum Gasteiger partial charge on any atom is -0.369 e. The Bertz CT molecular complexity index is 895. The number of nitrogens with one attached hydrogen (secondary N) is 1. The number of carbonyl (C=O) groups excluding carboxylic acids is 1. The number of likely N-dealkylation sites (tertiary alicyclic amines) is 1. The molecule has 1 N–H and O–H groups in total. The van der Waals surface area contributed by atoms with Crippen molar-refractivity contribution in [3.8, 4) is 0 Å². The fourth-order valence-corrected chi connectivity index (χ4v) is 3.80. The van der Waals surface area contributed by atoms with E-state index in [2.05, 4.69) is 31.3 Å². The summed E-state index contributed by atoms with van der Waals surface area (Å²) in [6.07, 6.45) is -4.66.